The minimum atomic E-state index is -0.583. The summed E-state index contributed by atoms with van der Waals surface area (Å²) in [6.45, 7) is 6.01. The van der Waals surface area contributed by atoms with E-state index < -0.39 is 6.17 Å². The summed E-state index contributed by atoms with van der Waals surface area (Å²) >= 11 is 0. The molecular formula is C10H19F. The molecule has 66 valence electrons. The Balaban J connectivity index is 2.32. The van der Waals surface area contributed by atoms with Crippen molar-refractivity contribution in [2.45, 2.75) is 46.2 Å². The quantitative estimate of drug-likeness (QED) is 0.590. The Kier molecular flexibility index (Phi) is 2.91. The predicted molar refractivity (Wildman–Crippen MR) is 46.2 cm³/mol. The summed E-state index contributed by atoms with van der Waals surface area (Å²) in [5, 5.41) is 0. The van der Waals surface area contributed by atoms with Crippen LogP contribution in [-0.4, -0.2) is 6.17 Å². The topological polar surface area (TPSA) is 0 Å². The average molecular weight is 158 g/mol. The van der Waals surface area contributed by atoms with E-state index in [0.29, 0.717) is 11.8 Å². The molecule has 0 radical (unpaired) electrons. The lowest BCUT2D eigenvalue weighted by Crippen LogP contribution is -2.30. The third-order valence-corrected chi connectivity index (χ3v) is 3.03. The molecule has 1 saturated carbocycles. The summed E-state index contributed by atoms with van der Waals surface area (Å²) in [5.74, 6) is 1.18. The Hall–Kier alpha value is -0.0700. The second-order valence-corrected chi connectivity index (χ2v) is 4.24. The van der Waals surface area contributed by atoms with Crippen LogP contribution in [0.4, 0.5) is 4.39 Å². The van der Waals surface area contributed by atoms with E-state index in [9.17, 15) is 4.39 Å². The van der Waals surface area contributed by atoms with Crippen molar-refractivity contribution in [1.82, 2.24) is 0 Å². The van der Waals surface area contributed by atoms with Crippen molar-refractivity contribution >= 4 is 0 Å². The molecule has 0 spiro atoms. The average Bonchev–Trinajstić information content (AvgIpc) is 1.82. The highest BCUT2D eigenvalue weighted by Crippen LogP contribution is 2.37. The van der Waals surface area contributed by atoms with Gasteiger partial charge in [-0.25, -0.2) is 4.39 Å². The molecule has 1 fully saturated rings. The van der Waals surface area contributed by atoms with Crippen molar-refractivity contribution in [3.05, 3.63) is 0 Å². The minimum absolute atomic E-state index is 0.200. The molecule has 0 aromatic heterocycles. The first-order valence-corrected chi connectivity index (χ1v) is 4.77. The van der Waals surface area contributed by atoms with E-state index in [2.05, 4.69) is 6.92 Å². The lowest BCUT2D eigenvalue weighted by molar-refractivity contribution is 0.0915. The van der Waals surface area contributed by atoms with Crippen LogP contribution >= 0.6 is 0 Å². The molecule has 1 aliphatic carbocycles. The largest absolute Gasteiger partial charge is 0.247 e. The molecule has 1 unspecified atom stereocenters. The van der Waals surface area contributed by atoms with Crippen LogP contribution in [0.3, 0.4) is 0 Å². The molecule has 2 atom stereocenters. The molecule has 0 aliphatic heterocycles. The third-order valence-electron chi connectivity index (χ3n) is 3.03. The molecule has 1 aliphatic rings. The van der Waals surface area contributed by atoms with Crippen LogP contribution in [-0.2, 0) is 0 Å². The van der Waals surface area contributed by atoms with Gasteiger partial charge in [0, 0.05) is 0 Å². The van der Waals surface area contributed by atoms with Crippen LogP contribution in [0.2, 0.25) is 0 Å². The molecule has 11 heavy (non-hydrogen) atoms. The molecule has 0 saturated heterocycles. The van der Waals surface area contributed by atoms with Gasteiger partial charge in [-0.05, 0) is 17.8 Å². The predicted octanol–water partition coefficient (Wildman–Crippen LogP) is 3.42. The van der Waals surface area contributed by atoms with Gasteiger partial charge in [-0.15, -0.1) is 0 Å². The fraction of sp³-hybridized carbons (Fsp3) is 1.00. The number of alkyl halides is 1. The second kappa shape index (κ2) is 3.55. The van der Waals surface area contributed by atoms with E-state index in [1.165, 1.54) is 19.3 Å². The number of rotatable bonds is 3. The van der Waals surface area contributed by atoms with Crippen molar-refractivity contribution in [1.29, 1.82) is 0 Å². The Morgan fingerprint density at radius 1 is 1.18 bits per heavy atom. The summed E-state index contributed by atoms with van der Waals surface area (Å²) < 4.78 is 13.4. The van der Waals surface area contributed by atoms with Gasteiger partial charge in [0.1, 0.15) is 6.17 Å². The standard InChI is InChI=1S/C10H19F/c1-7(2)10(11)8(3)9-5-4-6-9/h7-10H,4-6H2,1-3H3/t8?,10-/m1/s1. The van der Waals surface area contributed by atoms with E-state index in [1.807, 2.05) is 13.8 Å². The van der Waals surface area contributed by atoms with Gasteiger partial charge in [0.2, 0.25) is 0 Å². The summed E-state index contributed by atoms with van der Waals surface area (Å²) in [5.41, 5.74) is 0. The van der Waals surface area contributed by atoms with Gasteiger partial charge < -0.3 is 0 Å². The summed E-state index contributed by atoms with van der Waals surface area (Å²) in [4.78, 5) is 0. The number of hydrogen-bond acceptors (Lipinski definition) is 0. The molecule has 0 heterocycles. The van der Waals surface area contributed by atoms with E-state index in [4.69, 9.17) is 0 Å². The monoisotopic (exact) mass is 158 g/mol. The zero-order valence-corrected chi connectivity index (χ0v) is 7.81. The van der Waals surface area contributed by atoms with E-state index in [1.54, 1.807) is 0 Å². The van der Waals surface area contributed by atoms with Crippen LogP contribution < -0.4 is 0 Å². The fourth-order valence-corrected chi connectivity index (χ4v) is 1.83. The van der Waals surface area contributed by atoms with Crippen molar-refractivity contribution in [2.24, 2.45) is 17.8 Å². The van der Waals surface area contributed by atoms with E-state index >= 15 is 0 Å². The molecule has 0 nitrogen and oxygen atoms in total. The Labute approximate surface area is 69.2 Å². The van der Waals surface area contributed by atoms with Crippen molar-refractivity contribution in [3.8, 4) is 0 Å². The maximum atomic E-state index is 13.4. The van der Waals surface area contributed by atoms with Crippen LogP contribution in [0.25, 0.3) is 0 Å². The smallest absolute Gasteiger partial charge is 0.105 e. The minimum Gasteiger partial charge on any atom is -0.247 e. The lowest BCUT2D eigenvalue weighted by atomic mass is 9.73. The molecule has 1 heteroatoms. The fourth-order valence-electron chi connectivity index (χ4n) is 1.83. The first kappa shape index (κ1) is 9.02. The van der Waals surface area contributed by atoms with Gasteiger partial charge in [0.15, 0.2) is 0 Å². The Morgan fingerprint density at radius 2 is 1.73 bits per heavy atom. The van der Waals surface area contributed by atoms with Gasteiger partial charge in [0.05, 0.1) is 0 Å². The third kappa shape index (κ3) is 1.94. The summed E-state index contributed by atoms with van der Waals surface area (Å²) in [7, 11) is 0. The van der Waals surface area contributed by atoms with Crippen LogP contribution in [0, 0.1) is 17.8 Å². The van der Waals surface area contributed by atoms with Crippen LogP contribution in [0.15, 0.2) is 0 Å². The normalized spacial score (nSPS) is 24.8. The molecule has 0 aromatic rings. The molecule has 0 N–H and O–H groups in total. The zero-order valence-electron chi connectivity index (χ0n) is 7.81. The van der Waals surface area contributed by atoms with Gasteiger partial charge in [-0.1, -0.05) is 40.0 Å². The maximum absolute atomic E-state index is 13.4. The van der Waals surface area contributed by atoms with Crippen molar-refractivity contribution in [3.63, 3.8) is 0 Å². The van der Waals surface area contributed by atoms with Gasteiger partial charge in [0.25, 0.3) is 0 Å². The van der Waals surface area contributed by atoms with Gasteiger partial charge >= 0.3 is 0 Å². The van der Waals surface area contributed by atoms with Crippen LogP contribution in [0.1, 0.15) is 40.0 Å². The maximum Gasteiger partial charge on any atom is 0.105 e. The number of hydrogen-bond donors (Lipinski definition) is 0. The first-order valence-electron chi connectivity index (χ1n) is 4.77. The molecular weight excluding hydrogens is 139 g/mol. The molecule has 0 aromatic carbocycles. The highest BCUT2D eigenvalue weighted by Gasteiger charge is 2.31. The Morgan fingerprint density at radius 3 is 2.00 bits per heavy atom. The molecule has 0 bridgehead atoms. The van der Waals surface area contributed by atoms with Crippen LogP contribution in [0.5, 0.6) is 0 Å². The van der Waals surface area contributed by atoms with E-state index in [-0.39, 0.29) is 5.92 Å². The van der Waals surface area contributed by atoms with Gasteiger partial charge in [-0.2, -0.15) is 0 Å². The SMILES string of the molecule is CC(C)[C@@H](F)C(C)C1CCC1. The molecule has 1 rings (SSSR count). The molecule has 0 amide bonds. The lowest BCUT2D eigenvalue weighted by Gasteiger charge is -2.34. The van der Waals surface area contributed by atoms with Gasteiger partial charge in [-0.3, -0.25) is 0 Å². The number of halogens is 1. The Bertz CT molecular complexity index is 116. The summed E-state index contributed by atoms with van der Waals surface area (Å²) in [6.07, 6.45) is 3.25. The zero-order chi connectivity index (χ0) is 8.43. The van der Waals surface area contributed by atoms with Crippen molar-refractivity contribution in [2.75, 3.05) is 0 Å². The van der Waals surface area contributed by atoms with E-state index in [0.717, 1.165) is 0 Å². The second-order valence-electron chi connectivity index (χ2n) is 4.24. The highest BCUT2D eigenvalue weighted by atomic mass is 19.1. The highest BCUT2D eigenvalue weighted by molar-refractivity contribution is 4.80. The summed E-state index contributed by atoms with van der Waals surface area (Å²) in [6, 6.07) is 0. The van der Waals surface area contributed by atoms with Crippen molar-refractivity contribution < 1.29 is 4.39 Å². The first-order chi connectivity index (χ1) is 5.13.